The summed E-state index contributed by atoms with van der Waals surface area (Å²) < 4.78 is 28.4. The number of nitrogens with one attached hydrogen (secondary N) is 1. The number of aryl methyl sites for hydroxylation is 1. The second-order valence-corrected chi connectivity index (χ2v) is 5.83. The minimum Gasteiger partial charge on any atom is -0.293 e. The third kappa shape index (κ3) is 2.57. The molecule has 7 heteroatoms. The third-order valence-electron chi connectivity index (χ3n) is 4.21. The Morgan fingerprint density at radius 2 is 1.96 bits per heavy atom. The first-order valence-electron chi connectivity index (χ1n) is 8.09. The first kappa shape index (κ1) is 16.1. The lowest BCUT2D eigenvalue weighted by Crippen LogP contribution is -2.14. The highest BCUT2D eigenvalue weighted by Gasteiger charge is 2.18. The number of rotatable bonds is 3. The van der Waals surface area contributed by atoms with Crippen LogP contribution in [-0.4, -0.2) is 19.6 Å². The van der Waals surface area contributed by atoms with Gasteiger partial charge in [0, 0.05) is 35.3 Å². The van der Waals surface area contributed by atoms with E-state index in [0.717, 1.165) is 12.1 Å². The minimum absolute atomic E-state index is 0.294. The molecule has 130 valence electrons. The van der Waals surface area contributed by atoms with Crippen LogP contribution in [0, 0.1) is 11.6 Å². The summed E-state index contributed by atoms with van der Waals surface area (Å²) in [5.41, 5.74) is 2.97. The van der Waals surface area contributed by atoms with Gasteiger partial charge in [-0.3, -0.25) is 14.9 Å². The molecule has 3 aromatic heterocycles. The van der Waals surface area contributed by atoms with Crippen LogP contribution in [0.1, 0.15) is 12.6 Å². The number of hydrogen-bond donors (Lipinski definition) is 1. The maximum absolute atomic E-state index is 13.7. The highest BCUT2D eigenvalue weighted by molar-refractivity contribution is 5.81. The molecule has 1 aromatic carbocycles. The lowest BCUT2D eigenvalue weighted by Gasteiger charge is -2.04. The first-order valence-corrected chi connectivity index (χ1v) is 8.09. The summed E-state index contributed by atoms with van der Waals surface area (Å²) in [4.78, 5) is 21.2. The van der Waals surface area contributed by atoms with Crippen molar-refractivity contribution in [3.8, 4) is 22.4 Å². The molecule has 0 aliphatic rings. The van der Waals surface area contributed by atoms with Gasteiger partial charge in [0.1, 0.15) is 0 Å². The molecule has 0 radical (unpaired) electrons. The van der Waals surface area contributed by atoms with Crippen LogP contribution in [0.15, 0.2) is 53.6 Å². The van der Waals surface area contributed by atoms with Gasteiger partial charge in [-0.15, -0.1) is 0 Å². The fourth-order valence-corrected chi connectivity index (χ4v) is 2.96. The summed E-state index contributed by atoms with van der Waals surface area (Å²) in [7, 11) is 0. The van der Waals surface area contributed by atoms with Gasteiger partial charge in [-0.25, -0.2) is 18.3 Å². The monoisotopic (exact) mass is 352 g/mol. The van der Waals surface area contributed by atoms with Crippen LogP contribution >= 0.6 is 0 Å². The Bertz CT molecular complexity index is 1170. The molecular weight excluding hydrogens is 338 g/mol. The van der Waals surface area contributed by atoms with Crippen molar-refractivity contribution in [2.45, 2.75) is 13.3 Å². The van der Waals surface area contributed by atoms with Crippen LogP contribution in [0.5, 0.6) is 0 Å². The number of halogens is 2. The minimum atomic E-state index is -0.949. The zero-order valence-corrected chi connectivity index (χ0v) is 13.8. The van der Waals surface area contributed by atoms with E-state index in [1.165, 1.54) is 16.6 Å². The van der Waals surface area contributed by atoms with Crippen molar-refractivity contribution in [3.63, 3.8) is 0 Å². The molecule has 0 spiro atoms. The summed E-state index contributed by atoms with van der Waals surface area (Å²) in [5.74, 6) is -1.87. The highest BCUT2D eigenvalue weighted by Crippen LogP contribution is 2.29. The molecule has 0 aliphatic heterocycles. The van der Waals surface area contributed by atoms with Crippen molar-refractivity contribution in [2.24, 2.45) is 0 Å². The Kier molecular flexibility index (Phi) is 3.84. The number of benzene rings is 1. The summed E-state index contributed by atoms with van der Waals surface area (Å²) >= 11 is 0. The summed E-state index contributed by atoms with van der Waals surface area (Å²) in [5, 5.41) is 3.00. The molecule has 0 aliphatic carbocycles. The summed E-state index contributed by atoms with van der Waals surface area (Å²) in [6.45, 7) is 1.90. The smallest absolute Gasteiger partial charge is 0.273 e. The van der Waals surface area contributed by atoms with Crippen molar-refractivity contribution >= 4 is 5.65 Å². The SMILES string of the molecule is CCc1[nH]n2c(=O)cc(-c3cccnc3)nc2c1-c1ccc(F)c(F)c1. The number of fused-ring (bicyclic) bond motifs is 1. The quantitative estimate of drug-likeness (QED) is 0.613. The fraction of sp³-hybridized carbons (Fsp3) is 0.105. The summed E-state index contributed by atoms with van der Waals surface area (Å²) in [6, 6.07) is 8.62. The molecule has 0 unspecified atom stereocenters. The van der Waals surface area contributed by atoms with E-state index in [-0.39, 0.29) is 5.56 Å². The largest absolute Gasteiger partial charge is 0.293 e. The Balaban J connectivity index is 2.03. The lowest BCUT2D eigenvalue weighted by molar-refractivity contribution is 0.509. The van der Waals surface area contributed by atoms with E-state index in [9.17, 15) is 13.6 Å². The van der Waals surface area contributed by atoms with Crippen molar-refractivity contribution < 1.29 is 8.78 Å². The molecule has 0 atom stereocenters. The molecule has 0 bridgehead atoms. The molecule has 0 saturated heterocycles. The standard InChI is InChI=1S/C19H14F2N4O/c1-2-15-18(11-5-6-13(20)14(21)8-11)19-23-16(9-17(26)25(19)24-15)12-4-3-7-22-10-12/h3-10,24H,2H2,1H3. The lowest BCUT2D eigenvalue weighted by atomic mass is 10.0. The van der Waals surface area contributed by atoms with Crippen LogP contribution in [-0.2, 0) is 6.42 Å². The number of pyridine rings is 1. The van der Waals surface area contributed by atoms with E-state index in [2.05, 4.69) is 15.1 Å². The van der Waals surface area contributed by atoms with Crippen molar-refractivity contribution in [1.82, 2.24) is 19.6 Å². The normalized spacial score (nSPS) is 11.2. The molecule has 0 fully saturated rings. The zero-order chi connectivity index (χ0) is 18.3. The molecule has 1 N–H and O–H groups in total. The van der Waals surface area contributed by atoms with E-state index in [0.29, 0.717) is 40.1 Å². The van der Waals surface area contributed by atoms with Gasteiger partial charge >= 0.3 is 0 Å². The van der Waals surface area contributed by atoms with E-state index in [4.69, 9.17) is 0 Å². The molecule has 0 amide bonds. The average Bonchev–Trinajstić information content (AvgIpc) is 3.04. The van der Waals surface area contributed by atoms with E-state index >= 15 is 0 Å². The molecular formula is C19H14F2N4O. The van der Waals surface area contributed by atoms with Crippen LogP contribution in [0.25, 0.3) is 28.0 Å². The van der Waals surface area contributed by atoms with Crippen LogP contribution < -0.4 is 5.56 Å². The zero-order valence-electron chi connectivity index (χ0n) is 13.8. The number of aromatic nitrogens is 4. The van der Waals surface area contributed by atoms with Gasteiger partial charge in [0.05, 0.1) is 5.69 Å². The van der Waals surface area contributed by atoms with Gasteiger partial charge < -0.3 is 0 Å². The van der Waals surface area contributed by atoms with Crippen molar-refractivity contribution in [1.29, 1.82) is 0 Å². The second kappa shape index (κ2) is 6.18. The van der Waals surface area contributed by atoms with Crippen LogP contribution in [0.3, 0.4) is 0 Å². The number of aromatic amines is 1. The van der Waals surface area contributed by atoms with Gasteiger partial charge in [0.15, 0.2) is 17.3 Å². The predicted octanol–water partition coefficient (Wildman–Crippen LogP) is 3.59. The highest BCUT2D eigenvalue weighted by atomic mass is 19.2. The molecule has 3 heterocycles. The topological polar surface area (TPSA) is 63.0 Å². The van der Waals surface area contributed by atoms with Gasteiger partial charge in [-0.1, -0.05) is 13.0 Å². The van der Waals surface area contributed by atoms with Gasteiger partial charge in [0.2, 0.25) is 0 Å². The number of hydrogen-bond acceptors (Lipinski definition) is 3. The van der Waals surface area contributed by atoms with Crippen molar-refractivity contribution in [2.75, 3.05) is 0 Å². The molecule has 0 saturated carbocycles. The van der Waals surface area contributed by atoms with Crippen molar-refractivity contribution in [3.05, 3.63) is 76.5 Å². The Morgan fingerprint density at radius 1 is 1.12 bits per heavy atom. The van der Waals surface area contributed by atoms with E-state index in [1.807, 2.05) is 6.92 Å². The van der Waals surface area contributed by atoms with E-state index < -0.39 is 11.6 Å². The van der Waals surface area contributed by atoms with Gasteiger partial charge in [0.25, 0.3) is 5.56 Å². The molecule has 4 rings (SSSR count). The first-order chi connectivity index (χ1) is 12.6. The van der Waals surface area contributed by atoms with Gasteiger partial charge in [-0.05, 0) is 36.2 Å². The molecule has 5 nitrogen and oxygen atoms in total. The maximum Gasteiger partial charge on any atom is 0.273 e. The van der Waals surface area contributed by atoms with E-state index in [1.54, 1.807) is 24.5 Å². The number of nitrogens with zero attached hydrogens (tertiary/aromatic N) is 3. The summed E-state index contributed by atoms with van der Waals surface area (Å²) in [6.07, 6.45) is 3.81. The Morgan fingerprint density at radius 3 is 2.65 bits per heavy atom. The average molecular weight is 352 g/mol. The molecule has 4 aromatic rings. The predicted molar refractivity (Wildman–Crippen MR) is 93.8 cm³/mol. The second-order valence-electron chi connectivity index (χ2n) is 5.83. The fourth-order valence-electron chi connectivity index (χ4n) is 2.96. The Labute approximate surface area is 147 Å². The maximum atomic E-state index is 13.7. The van der Waals surface area contributed by atoms with Gasteiger partial charge in [-0.2, -0.15) is 0 Å². The van der Waals surface area contributed by atoms with Crippen LogP contribution in [0.4, 0.5) is 8.78 Å². The molecule has 26 heavy (non-hydrogen) atoms. The third-order valence-corrected chi connectivity index (χ3v) is 4.21. The number of H-pyrrole nitrogens is 1. The Hall–Kier alpha value is -3.35. The van der Waals surface area contributed by atoms with Crippen LogP contribution in [0.2, 0.25) is 0 Å².